The van der Waals surface area contributed by atoms with E-state index in [2.05, 4.69) is 15.0 Å². The molecule has 0 radical (unpaired) electrons. The number of pyridine rings is 3. The van der Waals surface area contributed by atoms with Gasteiger partial charge < -0.3 is 19.2 Å². The van der Waals surface area contributed by atoms with Gasteiger partial charge in [0.15, 0.2) is 28.8 Å². The van der Waals surface area contributed by atoms with Crippen molar-refractivity contribution in [2.75, 3.05) is 14.2 Å². The van der Waals surface area contributed by atoms with Crippen LogP contribution in [0.15, 0.2) is 59.5 Å². The minimum Gasteiger partial charge on any atom is -0.491 e. The Morgan fingerprint density at radius 1 is 0.881 bits per heavy atom. The van der Waals surface area contributed by atoms with E-state index in [1.807, 2.05) is 0 Å². The van der Waals surface area contributed by atoms with Crippen LogP contribution in [0.25, 0.3) is 22.2 Å². The zero-order valence-electron chi connectivity index (χ0n) is 23.6. The van der Waals surface area contributed by atoms with E-state index < -0.39 is 17.0 Å². The number of carbonyl (C=O) groups excluding carboxylic acids is 1. The highest BCUT2D eigenvalue weighted by atomic mass is 19.1. The summed E-state index contributed by atoms with van der Waals surface area (Å²) in [7, 11) is 2.93. The Kier molecular flexibility index (Phi) is 7.71. The molecule has 0 saturated carbocycles. The number of hydrogen-bond donors (Lipinski definition) is 1. The lowest BCUT2D eigenvalue weighted by molar-refractivity contribution is 0.0991. The van der Waals surface area contributed by atoms with Crippen molar-refractivity contribution in [2.45, 2.75) is 27.2 Å². The molecule has 3 heterocycles. The molecule has 5 aromatic rings. The summed E-state index contributed by atoms with van der Waals surface area (Å²) in [5.41, 5.74) is 2.78. The number of hydrogen-bond acceptors (Lipinski definition) is 7. The Labute approximate surface area is 239 Å². The lowest BCUT2D eigenvalue weighted by Gasteiger charge is -2.13. The number of halogens is 2. The van der Waals surface area contributed by atoms with Crippen LogP contribution in [0.1, 0.15) is 32.9 Å². The lowest BCUT2D eigenvalue weighted by Crippen LogP contribution is -2.23. The fourth-order valence-electron chi connectivity index (χ4n) is 4.87. The van der Waals surface area contributed by atoms with Crippen LogP contribution in [0.2, 0.25) is 0 Å². The largest absolute Gasteiger partial charge is 0.491 e. The second-order valence-electron chi connectivity index (χ2n) is 9.76. The number of aromatic nitrogens is 3. The standard InChI is InChI=1S/C32H27F2N3O5/c1-16-12-20(7-8-21(16)33)28-17(2)36-18(3)29(31(28)39)24(38)14-19-6-9-25(22(34)13-19)42-26-10-11-35-23-15-27(40-4)32(41-5)37-30(23)26/h6-13,15H,14H2,1-5H3,(H,36,39). The smallest absolute Gasteiger partial charge is 0.257 e. The fraction of sp³-hybridized carbons (Fsp3) is 0.188. The molecule has 0 aliphatic carbocycles. The maximum Gasteiger partial charge on any atom is 0.257 e. The number of nitrogens with one attached hydrogen (secondary N) is 1. The van der Waals surface area contributed by atoms with Gasteiger partial charge in [-0.05, 0) is 61.7 Å². The van der Waals surface area contributed by atoms with Gasteiger partial charge in [0.05, 0.1) is 25.3 Å². The summed E-state index contributed by atoms with van der Waals surface area (Å²) < 4.78 is 45.4. The lowest BCUT2D eigenvalue weighted by atomic mass is 9.95. The second-order valence-corrected chi connectivity index (χ2v) is 9.76. The highest BCUT2D eigenvalue weighted by Gasteiger charge is 2.21. The van der Waals surface area contributed by atoms with Gasteiger partial charge in [0.1, 0.15) is 11.3 Å². The molecule has 0 aliphatic heterocycles. The zero-order valence-corrected chi connectivity index (χ0v) is 23.6. The third-order valence-electron chi connectivity index (χ3n) is 6.91. The molecule has 0 spiro atoms. The van der Waals surface area contributed by atoms with Gasteiger partial charge in [-0.1, -0.05) is 12.1 Å². The molecule has 0 bridgehead atoms. The first-order valence-corrected chi connectivity index (χ1v) is 13.0. The quantitative estimate of drug-likeness (QED) is 0.214. The Hall–Kier alpha value is -5.12. The van der Waals surface area contributed by atoms with Gasteiger partial charge in [-0.25, -0.2) is 13.8 Å². The summed E-state index contributed by atoms with van der Waals surface area (Å²) in [6.45, 7) is 4.96. The summed E-state index contributed by atoms with van der Waals surface area (Å²) in [5.74, 6) is -0.814. The molecule has 3 aromatic heterocycles. The van der Waals surface area contributed by atoms with Gasteiger partial charge in [-0.15, -0.1) is 0 Å². The van der Waals surface area contributed by atoms with E-state index >= 15 is 4.39 Å². The molecule has 42 heavy (non-hydrogen) atoms. The Bertz CT molecular complexity index is 1920. The highest BCUT2D eigenvalue weighted by Crippen LogP contribution is 2.35. The molecule has 1 N–H and O–H groups in total. The van der Waals surface area contributed by atoms with E-state index in [1.54, 1.807) is 45.0 Å². The molecule has 2 aromatic carbocycles. The summed E-state index contributed by atoms with van der Waals surface area (Å²) in [6, 6.07) is 11.7. The molecule has 0 aliphatic rings. The van der Waals surface area contributed by atoms with Crippen molar-refractivity contribution in [1.29, 1.82) is 0 Å². The summed E-state index contributed by atoms with van der Waals surface area (Å²) in [4.78, 5) is 38.6. The van der Waals surface area contributed by atoms with Gasteiger partial charge in [-0.3, -0.25) is 14.6 Å². The normalized spacial score (nSPS) is 11.0. The topological polar surface area (TPSA) is 103 Å². The molecule has 8 nitrogen and oxygen atoms in total. The molecule has 0 saturated heterocycles. The van der Waals surface area contributed by atoms with E-state index in [0.29, 0.717) is 44.9 Å². The summed E-state index contributed by atoms with van der Waals surface area (Å²) in [6.07, 6.45) is 1.28. The van der Waals surface area contributed by atoms with Crippen molar-refractivity contribution in [2.24, 2.45) is 0 Å². The minimum atomic E-state index is -0.706. The van der Waals surface area contributed by atoms with Gasteiger partial charge in [0.25, 0.3) is 5.88 Å². The number of ether oxygens (including phenoxy) is 3. The monoisotopic (exact) mass is 571 g/mol. The molecule has 10 heteroatoms. The number of aryl methyl sites for hydroxylation is 3. The van der Waals surface area contributed by atoms with E-state index in [-0.39, 0.29) is 40.7 Å². The third-order valence-corrected chi connectivity index (χ3v) is 6.91. The minimum absolute atomic E-state index is 0.0305. The number of Topliss-reactive ketones (excluding diaryl/α,β-unsaturated/α-hetero) is 1. The summed E-state index contributed by atoms with van der Waals surface area (Å²) >= 11 is 0. The van der Waals surface area contributed by atoms with E-state index in [4.69, 9.17) is 14.2 Å². The Balaban J connectivity index is 1.43. The molecular weight excluding hydrogens is 544 g/mol. The van der Waals surface area contributed by atoms with Crippen LogP contribution in [0, 0.1) is 32.4 Å². The predicted molar refractivity (Wildman–Crippen MR) is 154 cm³/mol. The average molecular weight is 572 g/mol. The Morgan fingerprint density at radius 3 is 2.36 bits per heavy atom. The van der Waals surface area contributed by atoms with Crippen molar-refractivity contribution in [1.82, 2.24) is 15.0 Å². The van der Waals surface area contributed by atoms with Gasteiger partial charge in [0, 0.05) is 41.7 Å². The van der Waals surface area contributed by atoms with Gasteiger partial charge in [-0.2, -0.15) is 0 Å². The number of methoxy groups -OCH3 is 2. The highest BCUT2D eigenvalue weighted by molar-refractivity contribution is 5.99. The number of benzene rings is 2. The van der Waals surface area contributed by atoms with E-state index in [0.717, 1.165) is 0 Å². The second kappa shape index (κ2) is 11.4. The fourth-order valence-corrected chi connectivity index (χ4v) is 4.87. The number of H-pyrrole nitrogens is 1. The third kappa shape index (κ3) is 5.30. The number of rotatable bonds is 8. The number of carbonyl (C=O) groups is 1. The first-order valence-electron chi connectivity index (χ1n) is 13.0. The molecular formula is C32H27F2N3O5. The van der Waals surface area contributed by atoms with Crippen LogP contribution >= 0.6 is 0 Å². The first kappa shape index (κ1) is 28.4. The van der Waals surface area contributed by atoms with Crippen LogP contribution < -0.4 is 19.6 Å². The number of nitrogens with zero attached hydrogens (tertiary/aromatic N) is 2. The maximum absolute atomic E-state index is 15.2. The van der Waals surface area contributed by atoms with Crippen LogP contribution in [0.3, 0.4) is 0 Å². The van der Waals surface area contributed by atoms with Crippen LogP contribution in [-0.2, 0) is 6.42 Å². The average Bonchev–Trinajstić information content (AvgIpc) is 2.95. The number of ketones is 1. The number of aromatic amines is 1. The van der Waals surface area contributed by atoms with Crippen LogP contribution in [0.4, 0.5) is 8.78 Å². The van der Waals surface area contributed by atoms with Crippen molar-refractivity contribution in [3.63, 3.8) is 0 Å². The molecule has 0 amide bonds. The SMILES string of the molecule is COc1cc2nccc(Oc3ccc(CC(=O)c4c(C)[nH]c(C)c(-c5ccc(F)c(C)c5)c4=O)cc3F)c2nc1OC. The zero-order chi connectivity index (χ0) is 30.1. The first-order chi connectivity index (χ1) is 20.1. The molecule has 5 rings (SSSR count). The van der Waals surface area contributed by atoms with Crippen molar-refractivity contribution in [3.8, 4) is 34.3 Å². The number of fused-ring (bicyclic) bond motifs is 1. The van der Waals surface area contributed by atoms with E-state index in [9.17, 15) is 14.0 Å². The van der Waals surface area contributed by atoms with Crippen LogP contribution in [0.5, 0.6) is 23.1 Å². The van der Waals surface area contributed by atoms with E-state index in [1.165, 1.54) is 44.7 Å². The van der Waals surface area contributed by atoms with Crippen molar-refractivity contribution in [3.05, 3.63) is 105 Å². The predicted octanol–water partition coefficient (Wildman–Crippen LogP) is 6.42. The van der Waals surface area contributed by atoms with Crippen LogP contribution in [-0.4, -0.2) is 35.0 Å². The van der Waals surface area contributed by atoms with Crippen molar-refractivity contribution < 1.29 is 27.8 Å². The van der Waals surface area contributed by atoms with Gasteiger partial charge in [0.2, 0.25) is 5.43 Å². The Morgan fingerprint density at radius 2 is 1.67 bits per heavy atom. The molecule has 214 valence electrons. The molecule has 0 fully saturated rings. The summed E-state index contributed by atoms with van der Waals surface area (Å²) in [5, 5.41) is 0. The van der Waals surface area contributed by atoms with Gasteiger partial charge >= 0.3 is 0 Å². The maximum atomic E-state index is 15.2. The molecule has 0 atom stereocenters. The van der Waals surface area contributed by atoms with Crippen molar-refractivity contribution >= 4 is 16.8 Å². The molecule has 0 unspecified atom stereocenters.